The fraction of sp³-hybridized carbons (Fsp3) is 0.105. The Morgan fingerprint density at radius 1 is 0.955 bits per heavy atom. The predicted octanol–water partition coefficient (Wildman–Crippen LogP) is 3.59. The van der Waals surface area contributed by atoms with Crippen LogP contribution in [0.15, 0.2) is 67.1 Å². The summed E-state index contributed by atoms with van der Waals surface area (Å²) in [6, 6.07) is 18.8. The van der Waals surface area contributed by atoms with Gasteiger partial charge < -0.3 is 4.74 Å². The summed E-state index contributed by atoms with van der Waals surface area (Å²) >= 11 is 0. The van der Waals surface area contributed by atoms with E-state index in [4.69, 9.17) is 4.74 Å². The average Bonchev–Trinajstić information content (AvgIpc) is 2.89. The first-order valence-electron chi connectivity index (χ1n) is 7.31. The Hall–Kier alpha value is -2.81. The zero-order chi connectivity index (χ0) is 15.1. The smallest absolute Gasteiger partial charge is 0.249 e. The number of aromatic nitrogens is 2. The molecular weight excluding hydrogens is 272 g/mol. The molecule has 2 heterocycles. The number of ether oxygens (including phenoxy) is 1. The number of methoxy groups -OCH3 is 1. The lowest BCUT2D eigenvalue weighted by molar-refractivity contribution is -0.659. The summed E-state index contributed by atoms with van der Waals surface area (Å²) in [5.41, 5.74) is 3.46. The van der Waals surface area contributed by atoms with Crippen LogP contribution < -0.4 is 9.30 Å². The standard InChI is InChI=1S/C19H17N2O/c1-20-13-21-12-6-5-9-16(21)19(20)18-15-8-4-3-7-14(15)10-11-17(18)22-2/h3-13H,1-2H3/q+1. The van der Waals surface area contributed by atoms with E-state index in [1.807, 2.05) is 12.1 Å². The first-order chi connectivity index (χ1) is 10.8. The SMILES string of the molecule is COc1ccc2ccccc2c1-c1c2ccccn2c[n+]1C. The molecule has 22 heavy (non-hydrogen) atoms. The first-order valence-corrected chi connectivity index (χ1v) is 7.31. The molecule has 3 heteroatoms. The third-order valence-corrected chi connectivity index (χ3v) is 4.13. The molecule has 0 aliphatic heterocycles. The van der Waals surface area contributed by atoms with E-state index in [0.29, 0.717) is 0 Å². The average molecular weight is 289 g/mol. The minimum atomic E-state index is 0.895. The lowest BCUT2D eigenvalue weighted by Gasteiger charge is -2.10. The second-order valence-corrected chi connectivity index (χ2v) is 5.43. The highest BCUT2D eigenvalue weighted by molar-refractivity contribution is 6.01. The Kier molecular flexibility index (Phi) is 2.86. The van der Waals surface area contributed by atoms with Crippen LogP contribution in [0.5, 0.6) is 5.75 Å². The summed E-state index contributed by atoms with van der Waals surface area (Å²) in [4.78, 5) is 0. The van der Waals surface area contributed by atoms with Gasteiger partial charge in [-0.15, -0.1) is 0 Å². The van der Waals surface area contributed by atoms with Crippen LogP contribution in [0.3, 0.4) is 0 Å². The van der Waals surface area contributed by atoms with Crippen molar-refractivity contribution in [1.82, 2.24) is 4.40 Å². The van der Waals surface area contributed by atoms with Gasteiger partial charge in [0, 0.05) is 0 Å². The molecule has 4 aromatic rings. The van der Waals surface area contributed by atoms with Crippen LogP contribution in [0.1, 0.15) is 0 Å². The molecule has 2 aromatic heterocycles. The van der Waals surface area contributed by atoms with Gasteiger partial charge in [-0.25, -0.2) is 8.97 Å². The number of hydrogen-bond acceptors (Lipinski definition) is 1. The van der Waals surface area contributed by atoms with Gasteiger partial charge in [-0.1, -0.05) is 36.4 Å². The second-order valence-electron chi connectivity index (χ2n) is 5.43. The predicted molar refractivity (Wildman–Crippen MR) is 88.1 cm³/mol. The van der Waals surface area contributed by atoms with E-state index in [9.17, 15) is 0 Å². The van der Waals surface area contributed by atoms with Crippen molar-refractivity contribution in [2.45, 2.75) is 0 Å². The maximum absolute atomic E-state index is 5.66. The molecular formula is C19H17N2O+. The topological polar surface area (TPSA) is 17.5 Å². The number of aryl methyl sites for hydroxylation is 1. The number of benzene rings is 2. The highest BCUT2D eigenvalue weighted by Gasteiger charge is 2.22. The Morgan fingerprint density at radius 3 is 2.64 bits per heavy atom. The van der Waals surface area contributed by atoms with Crippen molar-refractivity contribution < 1.29 is 9.30 Å². The van der Waals surface area contributed by atoms with Crippen LogP contribution in [0.2, 0.25) is 0 Å². The Labute approximate surface area is 129 Å². The van der Waals surface area contributed by atoms with Crippen molar-refractivity contribution in [2.75, 3.05) is 7.11 Å². The first kappa shape index (κ1) is 12.9. The van der Waals surface area contributed by atoms with Crippen LogP contribution in [0.25, 0.3) is 27.5 Å². The van der Waals surface area contributed by atoms with Gasteiger partial charge in [-0.3, -0.25) is 0 Å². The lowest BCUT2D eigenvalue weighted by Crippen LogP contribution is -2.27. The fourth-order valence-electron chi connectivity index (χ4n) is 3.15. The van der Waals surface area contributed by atoms with Crippen molar-refractivity contribution in [2.24, 2.45) is 7.05 Å². The number of rotatable bonds is 2. The van der Waals surface area contributed by atoms with Gasteiger partial charge in [-0.05, 0) is 29.0 Å². The zero-order valence-corrected chi connectivity index (χ0v) is 12.7. The number of imidazole rings is 1. The highest BCUT2D eigenvalue weighted by atomic mass is 16.5. The van der Waals surface area contributed by atoms with Gasteiger partial charge in [0.1, 0.15) is 5.75 Å². The molecule has 0 unspecified atom stereocenters. The molecule has 0 aliphatic carbocycles. The molecule has 0 N–H and O–H groups in total. The molecule has 2 aromatic carbocycles. The number of hydrogen-bond donors (Lipinski definition) is 0. The molecule has 0 saturated carbocycles. The van der Waals surface area contributed by atoms with Gasteiger partial charge in [0.05, 0.1) is 25.9 Å². The van der Waals surface area contributed by atoms with Gasteiger partial charge >= 0.3 is 0 Å². The molecule has 0 bridgehead atoms. The van der Waals surface area contributed by atoms with Crippen molar-refractivity contribution in [3.8, 4) is 17.0 Å². The number of fused-ring (bicyclic) bond motifs is 2. The summed E-state index contributed by atoms with van der Waals surface area (Å²) in [5.74, 6) is 0.895. The third kappa shape index (κ3) is 1.79. The fourth-order valence-corrected chi connectivity index (χ4v) is 3.15. The third-order valence-electron chi connectivity index (χ3n) is 4.13. The minimum Gasteiger partial charge on any atom is -0.496 e. The van der Waals surface area contributed by atoms with Crippen LogP contribution in [-0.4, -0.2) is 11.5 Å². The maximum Gasteiger partial charge on any atom is 0.249 e. The quantitative estimate of drug-likeness (QED) is 0.516. The van der Waals surface area contributed by atoms with E-state index < -0.39 is 0 Å². The van der Waals surface area contributed by atoms with Gasteiger partial charge in [0.2, 0.25) is 6.33 Å². The van der Waals surface area contributed by atoms with Crippen molar-refractivity contribution in [3.05, 3.63) is 67.1 Å². The van der Waals surface area contributed by atoms with Crippen LogP contribution in [-0.2, 0) is 7.05 Å². The zero-order valence-electron chi connectivity index (χ0n) is 12.7. The summed E-state index contributed by atoms with van der Waals surface area (Å²) in [5, 5.41) is 2.42. The number of nitrogens with zero attached hydrogens (tertiary/aromatic N) is 2. The molecule has 3 nitrogen and oxygen atoms in total. The van der Waals surface area contributed by atoms with E-state index in [-0.39, 0.29) is 0 Å². The van der Waals surface area contributed by atoms with Crippen molar-refractivity contribution in [3.63, 3.8) is 0 Å². The molecule has 0 spiro atoms. The summed E-state index contributed by atoms with van der Waals surface area (Å²) < 4.78 is 9.95. The van der Waals surface area contributed by atoms with E-state index in [1.165, 1.54) is 16.3 Å². The van der Waals surface area contributed by atoms with Crippen LogP contribution in [0, 0.1) is 0 Å². The molecule has 0 amide bonds. The van der Waals surface area contributed by atoms with E-state index in [2.05, 4.69) is 71.0 Å². The van der Waals surface area contributed by atoms with Crippen molar-refractivity contribution >= 4 is 16.3 Å². The highest BCUT2D eigenvalue weighted by Crippen LogP contribution is 2.37. The lowest BCUT2D eigenvalue weighted by atomic mass is 10.00. The largest absolute Gasteiger partial charge is 0.496 e. The Morgan fingerprint density at radius 2 is 1.77 bits per heavy atom. The van der Waals surface area contributed by atoms with Crippen molar-refractivity contribution in [1.29, 1.82) is 0 Å². The van der Waals surface area contributed by atoms with E-state index in [0.717, 1.165) is 17.0 Å². The summed E-state index contributed by atoms with van der Waals surface area (Å²) in [6.45, 7) is 0. The summed E-state index contributed by atoms with van der Waals surface area (Å²) in [6.07, 6.45) is 4.16. The summed E-state index contributed by atoms with van der Waals surface area (Å²) in [7, 11) is 3.80. The monoisotopic (exact) mass is 289 g/mol. The molecule has 4 rings (SSSR count). The molecule has 0 radical (unpaired) electrons. The van der Waals surface area contributed by atoms with Crippen LogP contribution in [0.4, 0.5) is 0 Å². The van der Waals surface area contributed by atoms with Gasteiger partial charge in [0.15, 0.2) is 11.2 Å². The van der Waals surface area contributed by atoms with E-state index >= 15 is 0 Å². The minimum absolute atomic E-state index is 0.895. The molecule has 0 saturated heterocycles. The van der Waals surface area contributed by atoms with E-state index in [1.54, 1.807) is 7.11 Å². The van der Waals surface area contributed by atoms with Gasteiger partial charge in [-0.2, -0.15) is 0 Å². The molecule has 0 atom stereocenters. The molecule has 108 valence electrons. The normalized spacial score (nSPS) is 11.2. The Balaban J connectivity index is 2.18. The molecule has 0 fully saturated rings. The Bertz CT molecular complexity index is 985. The van der Waals surface area contributed by atoms with Crippen LogP contribution >= 0.6 is 0 Å². The number of pyridine rings is 1. The second kappa shape index (κ2) is 4.88. The molecule has 0 aliphatic rings. The maximum atomic E-state index is 5.66. The van der Waals surface area contributed by atoms with Gasteiger partial charge in [0.25, 0.3) is 0 Å².